The van der Waals surface area contributed by atoms with Crippen LogP contribution in [-0.4, -0.2) is 54.0 Å². The molecule has 3 heterocycles. The molecular formula is C18H23N3O3. The molecule has 0 unspecified atom stereocenters. The zero-order valence-corrected chi connectivity index (χ0v) is 14.2. The van der Waals surface area contributed by atoms with Crippen molar-refractivity contribution in [3.63, 3.8) is 0 Å². The highest BCUT2D eigenvalue weighted by atomic mass is 16.5. The third-order valence-corrected chi connectivity index (χ3v) is 5.77. The first kappa shape index (κ1) is 15.4. The fourth-order valence-electron chi connectivity index (χ4n) is 4.04. The van der Waals surface area contributed by atoms with Crippen LogP contribution in [0.3, 0.4) is 0 Å². The van der Waals surface area contributed by atoms with Gasteiger partial charge in [0.25, 0.3) is 5.91 Å². The lowest BCUT2D eigenvalue weighted by atomic mass is 9.86. The average molecular weight is 329 g/mol. The number of nitrogens with one attached hydrogen (secondary N) is 1. The lowest BCUT2D eigenvalue weighted by Crippen LogP contribution is -2.55. The number of likely N-dealkylation sites (tertiary alicyclic amines) is 1. The van der Waals surface area contributed by atoms with E-state index in [2.05, 4.69) is 35.3 Å². The molecule has 2 fully saturated rings. The van der Waals surface area contributed by atoms with Crippen molar-refractivity contribution in [2.45, 2.75) is 37.8 Å². The van der Waals surface area contributed by atoms with Gasteiger partial charge in [0.15, 0.2) is 0 Å². The first-order chi connectivity index (χ1) is 11.5. The summed E-state index contributed by atoms with van der Waals surface area (Å²) in [7, 11) is 1.55. The number of likely N-dealkylation sites (N-methyl/N-ethyl adjacent to an activating group) is 1. The molecule has 0 saturated carbocycles. The molecule has 0 aliphatic carbocycles. The number of hydrogen-bond acceptors (Lipinski definition) is 4. The van der Waals surface area contributed by atoms with Crippen molar-refractivity contribution in [3.05, 3.63) is 29.3 Å². The first-order valence-corrected chi connectivity index (χ1v) is 8.60. The maximum atomic E-state index is 12.4. The number of amides is 3. The molecule has 0 radical (unpaired) electrons. The van der Waals surface area contributed by atoms with Crippen LogP contribution in [0.25, 0.3) is 0 Å². The van der Waals surface area contributed by atoms with Gasteiger partial charge in [-0.3, -0.25) is 14.6 Å². The molecule has 1 spiro atoms. The van der Waals surface area contributed by atoms with Crippen LogP contribution in [0.2, 0.25) is 0 Å². The van der Waals surface area contributed by atoms with Gasteiger partial charge in [0, 0.05) is 32.6 Å². The number of piperidine rings is 1. The summed E-state index contributed by atoms with van der Waals surface area (Å²) in [6, 6.07) is 6.47. The van der Waals surface area contributed by atoms with Gasteiger partial charge in [-0.1, -0.05) is 12.1 Å². The monoisotopic (exact) mass is 329 g/mol. The fraction of sp³-hybridized carbons (Fsp3) is 0.556. The van der Waals surface area contributed by atoms with Crippen LogP contribution in [0, 0.1) is 0 Å². The summed E-state index contributed by atoms with van der Waals surface area (Å²) < 4.78 is 5.67. The Kier molecular flexibility index (Phi) is 3.53. The van der Waals surface area contributed by atoms with Crippen LogP contribution in [-0.2, 0) is 11.2 Å². The van der Waals surface area contributed by atoms with Crippen molar-refractivity contribution < 1.29 is 14.3 Å². The zero-order chi connectivity index (χ0) is 16.9. The minimum atomic E-state index is -0.691. The van der Waals surface area contributed by atoms with E-state index < -0.39 is 5.54 Å². The molecule has 1 atom stereocenters. The first-order valence-electron chi connectivity index (χ1n) is 8.60. The van der Waals surface area contributed by atoms with Crippen LogP contribution >= 0.6 is 0 Å². The van der Waals surface area contributed by atoms with Crippen molar-refractivity contribution >= 4 is 11.9 Å². The highest BCUT2D eigenvalue weighted by Gasteiger charge is 2.51. The molecular weight excluding hydrogens is 306 g/mol. The maximum Gasteiger partial charge on any atom is 0.324 e. The van der Waals surface area contributed by atoms with Crippen LogP contribution < -0.4 is 10.1 Å². The van der Waals surface area contributed by atoms with E-state index in [1.165, 1.54) is 16.0 Å². The normalized spacial score (nSPS) is 24.0. The van der Waals surface area contributed by atoms with E-state index in [0.717, 1.165) is 31.9 Å². The second kappa shape index (κ2) is 5.48. The van der Waals surface area contributed by atoms with Gasteiger partial charge in [-0.25, -0.2) is 4.79 Å². The number of benzene rings is 1. The van der Waals surface area contributed by atoms with Gasteiger partial charge in [-0.2, -0.15) is 0 Å². The summed E-state index contributed by atoms with van der Waals surface area (Å²) in [6.45, 7) is 4.54. The largest absolute Gasteiger partial charge is 0.493 e. The lowest BCUT2D eigenvalue weighted by molar-refractivity contribution is -0.132. The standard InChI is InChI=1S/C18H23N3O3/c1-12(14-4-3-13-5-10-24-15(13)11-14)21-8-6-18(7-9-21)16(22)20(2)17(23)19-18/h3-4,11-12H,5-10H2,1-2H3,(H,19,23)/t12-/m1/s1. The second-order valence-corrected chi connectivity index (χ2v) is 7.05. The molecule has 3 aliphatic rings. The minimum Gasteiger partial charge on any atom is -0.493 e. The lowest BCUT2D eigenvalue weighted by Gasteiger charge is -2.40. The van der Waals surface area contributed by atoms with Crippen LogP contribution in [0.4, 0.5) is 4.79 Å². The number of urea groups is 1. The topological polar surface area (TPSA) is 61.9 Å². The molecule has 24 heavy (non-hydrogen) atoms. The Morgan fingerprint density at radius 1 is 1.25 bits per heavy atom. The number of hydrogen-bond donors (Lipinski definition) is 1. The minimum absolute atomic E-state index is 0.0919. The predicted molar refractivity (Wildman–Crippen MR) is 88.9 cm³/mol. The van der Waals surface area contributed by atoms with E-state index in [9.17, 15) is 9.59 Å². The Morgan fingerprint density at radius 3 is 2.67 bits per heavy atom. The molecule has 1 aromatic rings. The van der Waals surface area contributed by atoms with Gasteiger partial charge in [-0.15, -0.1) is 0 Å². The number of nitrogens with zero attached hydrogens (tertiary/aromatic N) is 2. The molecule has 3 amide bonds. The Morgan fingerprint density at radius 2 is 2.00 bits per heavy atom. The Balaban J connectivity index is 1.46. The molecule has 0 bridgehead atoms. The highest BCUT2D eigenvalue weighted by molar-refractivity contribution is 6.06. The van der Waals surface area contributed by atoms with Gasteiger partial charge < -0.3 is 10.1 Å². The maximum absolute atomic E-state index is 12.4. The van der Waals surface area contributed by atoms with Gasteiger partial charge in [0.05, 0.1) is 6.61 Å². The number of rotatable bonds is 2. The number of fused-ring (bicyclic) bond motifs is 1. The summed E-state index contributed by atoms with van der Waals surface area (Å²) in [5, 5.41) is 2.89. The highest BCUT2D eigenvalue weighted by Crippen LogP contribution is 2.35. The molecule has 128 valence electrons. The predicted octanol–water partition coefficient (Wildman–Crippen LogP) is 1.70. The molecule has 4 rings (SSSR count). The van der Waals surface area contributed by atoms with Gasteiger partial charge in [0.2, 0.25) is 0 Å². The smallest absolute Gasteiger partial charge is 0.324 e. The number of carbonyl (C=O) groups is 2. The van der Waals surface area contributed by atoms with Crippen molar-refractivity contribution in [1.82, 2.24) is 15.1 Å². The Bertz CT molecular complexity index is 695. The van der Waals surface area contributed by atoms with E-state index in [1.54, 1.807) is 7.05 Å². The SMILES string of the molecule is C[C@H](c1ccc2c(c1)OCC2)N1CCC2(CC1)NC(=O)N(C)C2=O. The van der Waals surface area contributed by atoms with Crippen LogP contribution in [0.1, 0.15) is 36.9 Å². The zero-order valence-electron chi connectivity index (χ0n) is 14.2. The summed E-state index contributed by atoms with van der Waals surface area (Å²) >= 11 is 0. The van der Waals surface area contributed by atoms with E-state index in [0.29, 0.717) is 12.8 Å². The van der Waals surface area contributed by atoms with Crippen molar-refractivity contribution in [3.8, 4) is 5.75 Å². The molecule has 1 N–H and O–H groups in total. The molecule has 6 heteroatoms. The van der Waals surface area contributed by atoms with Crippen molar-refractivity contribution in [2.75, 3.05) is 26.7 Å². The van der Waals surface area contributed by atoms with Crippen molar-refractivity contribution in [1.29, 1.82) is 0 Å². The van der Waals surface area contributed by atoms with Gasteiger partial charge >= 0.3 is 6.03 Å². The molecule has 1 aromatic carbocycles. The van der Waals surface area contributed by atoms with Crippen molar-refractivity contribution in [2.24, 2.45) is 0 Å². The average Bonchev–Trinajstić information content (AvgIpc) is 3.14. The number of carbonyl (C=O) groups excluding carboxylic acids is 2. The third kappa shape index (κ3) is 2.28. The van der Waals surface area contributed by atoms with E-state index in [4.69, 9.17) is 4.74 Å². The third-order valence-electron chi connectivity index (χ3n) is 5.77. The van der Waals surface area contributed by atoms with E-state index in [1.807, 2.05) is 0 Å². The molecule has 6 nitrogen and oxygen atoms in total. The molecule has 3 aliphatic heterocycles. The Hall–Kier alpha value is -2.08. The summed E-state index contributed by atoms with van der Waals surface area (Å²) in [4.78, 5) is 27.7. The Labute approximate surface area is 141 Å². The summed E-state index contributed by atoms with van der Waals surface area (Å²) in [5.74, 6) is 0.915. The second-order valence-electron chi connectivity index (χ2n) is 7.05. The van der Waals surface area contributed by atoms with Crippen LogP contribution in [0.15, 0.2) is 18.2 Å². The van der Waals surface area contributed by atoms with E-state index >= 15 is 0 Å². The van der Waals surface area contributed by atoms with E-state index in [-0.39, 0.29) is 18.0 Å². The quantitative estimate of drug-likeness (QED) is 0.839. The summed E-state index contributed by atoms with van der Waals surface area (Å²) in [5.41, 5.74) is 1.83. The van der Waals surface area contributed by atoms with Crippen LogP contribution in [0.5, 0.6) is 5.75 Å². The summed E-state index contributed by atoms with van der Waals surface area (Å²) in [6.07, 6.45) is 2.31. The molecule has 0 aromatic heterocycles. The fourth-order valence-corrected chi connectivity index (χ4v) is 4.04. The number of ether oxygens (including phenoxy) is 1. The molecule has 2 saturated heterocycles. The number of imide groups is 1. The van der Waals surface area contributed by atoms with Gasteiger partial charge in [-0.05, 0) is 37.0 Å². The van der Waals surface area contributed by atoms with Gasteiger partial charge in [0.1, 0.15) is 11.3 Å².